The van der Waals surface area contributed by atoms with Crippen molar-refractivity contribution in [2.75, 3.05) is 0 Å². The first-order chi connectivity index (χ1) is 2.00. The van der Waals surface area contributed by atoms with Gasteiger partial charge in [0.15, 0.2) is 0 Å². The molecule has 0 aliphatic carbocycles. The summed E-state index contributed by atoms with van der Waals surface area (Å²) >= 11 is 0. The maximum Gasteiger partial charge on any atom is 4.00 e. The SMILES string of the molecule is O=P([O-])([O-])[O-].[Al+3].[W+4].[W+4].[W+4].[W+4].[W+4].[W+4].[W+4].[W+4].[W+4].[W+4].[W+4].[W+4]. The molecular formula is AlO4PW12+48. The van der Waals surface area contributed by atoms with Crippen LogP contribution in [-0.4, -0.2) is 17.4 Å². The molecule has 0 heterocycles. The molecule has 0 aromatic rings. The Balaban J connectivity index is -0.00000000103. The van der Waals surface area contributed by atoms with Crippen LogP contribution in [0.1, 0.15) is 0 Å². The van der Waals surface area contributed by atoms with Crippen LogP contribution < -0.4 is 14.7 Å². The second-order valence-electron chi connectivity index (χ2n) is 0.447. The van der Waals surface area contributed by atoms with Crippen LogP contribution >= 0.6 is 7.82 Å². The summed E-state index contributed by atoms with van der Waals surface area (Å²) in [6.07, 6.45) is 0. The van der Waals surface area contributed by atoms with Crippen LogP contribution in [0, 0.1) is 0 Å². The summed E-state index contributed by atoms with van der Waals surface area (Å²) in [5.41, 5.74) is 0. The van der Waals surface area contributed by atoms with E-state index in [1.807, 2.05) is 0 Å². The Hall–Kier alpha value is 8.90. The van der Waals surface area contributed by atoms with E-state index in [2.05, 4.69) is 0 Å². The smallest absolute Gasteiger partial charge is 0.822 e. The van der Waals surface area contributed by atoms with Crippen LogP contribution in [0.2, 0.25) is 0 Å². The maximum atomic E-state index is 8.55. The first kappa shape index (κ1) is 108. The Bertz CT molecular complexity index is 70.2. The van der Waals surface area contributed by atoms with Crippen LogP contribution in [0.15, 0.2) is 0 Å². The summed E-state index contributed by atoms with van der Waals surface area (Å²) in [6, 6.07) is 0. The van der Waals surface area contributed by atoms with E-state index in [-0.39, 0.29) is 270 Å². The zero-order chi connectivity index (χ0) is 4.50. The van der Waals surface area contributed by atoms with Crippen LogP contribution in [0.5, 0.6) is 0 Å². The van der Waals surface area contributed by atoms with Crippen molar-refractivity contribution in [2.24, 2.45) is 0 Å². The molecule has 0 fully saturated rings. The third-order valence-electron chi connectivity index (χ3n) is 0. The van der Waals surface area contributed by atoms with Crippen molar-refractivity contribution in [3.63, 3.8) is 0 Å². The number of hydrogen-bond donors (Lipinski definition) is 0. The Labute approximate surface area is 290 Å². The number of phosphoric acid groups is 1. The predicted octanol–water partition coefficient (Wildman–Crippen LogP) is -3.24. The molecule has 4 nitrogen and oxygen atoms in total. The monoisotopic (exact) mass is 2330 g/mol. The van der Waals surface area contributed by atoms with E-state index < -0.39 is 7.82 Å². The summed E-state index contributed by atoms with van der Waals surface area (Å²) in [5.74, 6) is 0. The van der Waals surface area contributed by atoms with E-state index >= 15 is 0 Å². The van der Waals surface area contributed by atoms with Crippen molar-refractivity contribution in [3.8, 4) is 0 Å². The Morgan fingerprint density at radius 2 is 0.444 bits per heavy atom. The van der Waals surface area contributed by atoms with E-state index in [1.54, 1.807) is 0 Å². The summed E-state index contributed by atoms with van der Waals surface area (Å²) in [4.78, 5) is 25.6. The van der Waals surface area contributed by atoms with Crippen molar-refractivity contribution >= 4 is 25.2 Å². The van der Waals surface area contributed by atoms with Gasteiger partial charge in [0.25, 0.3) is 0 Å². The first-order valence-electron chi connectivity index (χ1n) is 0.730. The molecular weight excluding hydrogens is 2330 g/mol. The summed E-state index contributed by atoms with van der Waals surface area (Å²) in [7, 11) is -5.39. The molecule has 0 radical (unpaired) electrons. The van der Waals surface area contributed by atoms with Crippen molar-refractivity contribution < 1.29 is 272 Å². The first-order valence-corrected chi connectivity index (χ1v) is 2.19. The summed E-state index contributed by atoms with van der Waals surface area (Å²) in [6.45, 7) is 0. The minimum absolute atomic E-state index is 0. The minimum Gasteiger partial charge on any atom is -0.822 e. The molecule has 56 valence electrons. The largest absolute Gasteiger partial charge is 4.00 e. The average Bonchev–Trinajstić information content (AvgIpc) is 0.722. The molecule has 0 N–H and O–H groups in total. The normalized spacial score (nSPS) is 3.28. The van der Waals surface area contributed by atoms with Gasteiger partial charge in [-0.25, -0.2) is 0 Å². The molecule has 18 heavy (non-hydrogen) atoms. The van der Waals surface area contributed by atoms with Crippen molar-refractivity contribution in [3.05, 3.63) is 0 Å². The minimum atomic E-state index is -5.39. The van der Waals surface area contributed by atoms with Gasteiger partial charge in [0.1, 0.15) is 0 Å². The molecule has 0 bridgehead atoms. The zero-order valence-corrected chi connectivity index (χ0v) is 44.8. The van der Waals surface area contributed by atoms with Gasteiger partial charge in [0.05, 0.1) is 0 Å². The van der Waals surface area contributed by atoms with Crippen molar-refractivity contribution in [2.45, 2.75) is 0 Å². The van der Waals surface area contributed by atoms with Gasteiger partial charge in [-0.2, -0.15) is 7.82 Å². The van der Waals surface area contributed by atoms with Crippen LogP contribution in [0.4, 0.5) is 0 Å². The van der Waals surface area contributed by atoms with Gasteiger partial charge in [0, 0.05) is 0 Å². The maximum absolute atomic E-state index is 8.55. The van der Waals surface area contributed by atoms with Crippen molar-refractivity contribution in [1.82, 2.24) is 0 Å². The molecule has 0 rings (SSSR count). The van der Waals surface area contributed by atoms with E-state index in [0.717, 1.165) is 0 Å². The fraction of sp³-hybridized carbons (Fsp3) is 0. The van der Waals surface area contributed by atoms with Crippen LogP contribution in [0.3, 0.4) is 0 Å². The van der Waals surface area contributed by atoms with Gasteiger partial charge in [-0.3, -0.25) is 0 Å². The summed E-state index contributed by atoms with van der Waals surface area (Å²) < 4.78 is 8.55. The Morgan fingerprint density at radius 1 is 0.444 bits per heavy atom. The Morgan fingerprint density at radius 3 is 0.444 bits per heavy atom. The molecule has 0 aromatic carbocycles. The van der Waals surface area contributed by atoms with E-state index in [0.29, 0.717) is 0 Å². The molecule has 0 saturated carbocycles. The molecule has 0 atom stereocenters. The topological polar surface area (TPSA) is 86.2 Å². The van der Waals surface area contributed by atoms with Gasteiger partial charge in [0.2, 0.25) is 0 Å². The second kappa shape index (κ2) is 72.3. The molecule has 0 aliphatic rings. The zero-order valence-electron chi connectivity index (χ0n) is 7.56. The molecule has 0 spiro atoms. The summed E-state index contributed by atoms with van der Waals surface area (Å²) in [5, 5.41) is 0. The molecule has 18 heteroatoms. The predicted molar refractivity (Wildman–Crippen MR) is 13.4 cm³/mol. The number of rotatable bonds is 0. The second-order valence-corrected chi connectivity index (χ2v) is 1.34. The van der Waals surface area contributed by atoms with E-state index in [4.69, 9.17) is 19.2 Å². The molecule has 0 saturated heterocycles. The van der Waals surface area contributed by atoms with E-state index in [9.17, 15) is 0 Å². The van der Waals surface area contributed by atoms with Gasteiger partial charge >= 0.3 is 270 Å². The molecule has 0 aliphatic heterocycles. The fourth-order valence-corrected chi connectivity index (χ4v) is 0. The third kappa shape index (κ3) is 180. The molecule has 0 unspecified atom stereocenters. The van der Waals surface area contributed by atoms with Gasteiger partial charge in [-0.1, -0.05) is 0 Å². The van der Waals surface area contributed by atoms with Crippen LogP contribution in [-0.2, 0) is 257 Å². The third-order valence-corrected chi connectivity index (χ3v) is 0. The standard InChI is InChI=1S/Al.H3O4P.12W/c;1-5(2,3)4;;;;;;;;;;;;/h;(H3,1,2,3,4);;;;;;;;;;;;/q+3;;12*+4/p-3. The quantitative estimate of drug-likeness (QED) is 0.189. The van der Waals surface area contributed by atoms with Gasteiger partial charge < -0.3 is 19.2 Å². The van der Waals surface area contributed by atoms with Crippen LogP contribution in [0.25, 0.3) is 0 Å². The van der Waals surface area contributed by atoms with Gasteiger partial charge in [-0.05, 0) is 0 Å². The van der Waals surface area contributed by atoms with E-state index in [1.165, 1.54) is 0 Å². The average molecular weight is 2330 g/mol. The fourth-order valence-electron chi connectivity index (χ4n) is 0. The molecule has 0 amide bonds. The number of hydrogen-bond acceptors (Lipinski definition) is 4. The van der Waals surface area contributed by atoms with Crippen molar-refractivity contribution in [1.29, 1.82) is 0 Å². The van der Waals surface area contributed by atoms with Gasteiger partial charge in [-0.15, -0.1) is 0 Å². The Kier molecular flexibility index (Phi) is 436. The molecule has 0 aromatic heterocycles.